The molecule has 1 atom stereocenters. The molecular formula is C11H16ClN. The second kappa shape index (κ2) is 4.12. The number of rotatable bonds is 2. The molecule has 1 aromatic carbocycles. The highest BCUT2D eigenvalue weighted by atomic mass is 35.5. The maximum absolute atomic E-state index is 5.99. The summed E-state index contributed by atoms with van der Waals surface area (Å²) >= 11 is 5.99. The van der Waals surface area contributed by atoms with Crippen LogP contribution in [0.1, 0.15) is 36.1 Å². The lowest BCUT2D eigenvalue weighted by Gasteiger charge is -2.14. The van der Waals surface area contributed by atoms with E-state index in [1.807, 2.05) is 13.0 Å². The number of hydrogen-bond acceptors (Lipinski definition) is 1. The molecule has 0 unspecified atom stereocenters. The fraction of sp³-hybridized carbons (Fsp3) is 0.455. The average Bonchev–Trinajstić information content (AvgIpc) is 2.10. The van der Waals surface area contributed by atoms with Crippen molar-refractivity contribution in [1.82, 2.24) is 0 Å². The SMILES string of the molecule is CC[C@@H](N)c1cc(C)c(Cl)cc1C. The Morgan fingerprint density at radius 3 is 2.46 bits per heavy atom. The van der Waals surface area contributed by atoms with Crippen molar-refractivity contribution in [3.8, 4) is 0 Å². The third kappa shape index (κ3) is 2.23. The van der Waals surface area contributed by atoms with E-state index in [4.69, 9.17) is 17.3 Å². The van der Waals surface area contributed by atoms with Crippen LogP contribution in [-0.4, -0.2) is 0 Å². The number of aryl methyl sites for hydroxylation is 2. The second-order valence-electron chi connectivity index (χ2n) is 3.47. The lowest BCUT2D eigenvalue weighted by molar-refractivity contribution is 0.693. The van der Waals surface area contributed by atoms with Gasteiger partial charge in [-0.3, -0.25) is 0 Å². The zero-order valence-electron chi connectivity index (χ0n) is 8.39. The molecule has 0 aliphatic heterocycles. The summed E-state index contributed by atoms with van der Waals surface area (Å²) in [5.41, 5.74) is 9.47. The fourth-order valence-electron chi connectivity index (χ4n) is 1.42. The van der Waals surface area contributed by atoms with E-state index in [9.17, 15) is 0 Å². The van der Waals surface area contributed by atoms with E-state index < -0.39 is 0 Å². The first-order chi connectivity index (χ1) is 6.06. The molecule has 0 saturated carbocycles. The molecule has 2 heteroatoms. The van der Waals surface area contributed by atoms with Gasteiger partial charge in [0, 0.05) is 11.1 Å². The summed E-state index contributed by atoms with van der Waals surface area (Å²) in [4.78, 5) is 0. The van der Waals surface area contributed by atoms with Crippen LogP contribution < -0.4 is 5.73 Å². The summed E-state index contributed by atoms with van der Waals surface area (Å²) in [5.74, 6) is 0. The van der Waals surface area contributed by atoms with Gasteiger partial charge in [-0.15, -0.1) is 0 Å². The van der Waals surface area contributed by atoms with E-state index in [1.54, 1.807) is 0 Å². The molecular weight excluding hydrogens is 182 g/mol. The predicted molar refractivity (Wildman–Crippen MR) is 58.1 cm³/mol. The monoisotopic (exact) mass is 197 g/mol. The Labute approximate surface area is 84.9 Å². The van der Waals surface area contributed by atoms with Crippen LogP contribution >= 0.6 is 11.6 Å². The van der Waals surface area contributed by atoms with E-state index in [1.165, 1.54) is 11.1 Å². The van der Waals surface area contributed by atoms with E-state index in [0.717, 1.165) is 17.0 Å². The first kappa shape index (κ1) is 10.6. The zero-order chi connectivity index (χ0) is 10.0. The molecule has 72 valence electrons. The fourth-order valence-corrected chi connectivity index (χ4v) is 1.64. The van der Waals surface area contributed by atoms with Crippen LogP contribution in [0.5, 0.6) is 0 Å². The zero-order valence-corrected chi connectivity index (χ0v) is 9.15. The number of hydrogen-bond donors (Lipinski definition) is 1. The van der Waals surface area contributed by atoms with Crippen molar-refractivity contribution in [3.05, 3.63) is 33.8 Å². The minimum Gasteiger partial charge on any atom is -0.324 e. The molecule has 1 rings (SSSR count). The van der Waals surface area contributed by atoms with Gasteiger partial charge in [0.15, 0.2) is 0 Å². The molecule has 0 aliphatic carbocycles. The number of benzene rings is 1. The maximum atomic E-state index is 5.99. The van der Waals surface area contributed by atoms with Gasteiger partial charge in [-0.2, -0.15) is 0 Å². The summed E-state index contributed by atoms with van der Waals surface area (Å²) in [6.45, 7) is 6.15. The highest BCUT2D eigenvalue weighted by Crippen LogP contribution is 2.25. The summed E-state index contributed by atoms with van der Waals surface area (Å²) in [5, 5.41) is 0.824. The van der Waals surface area contributed by atoms with Gasteiger partial charge in [0.25, 0.3) is 0 Å². The third-order valence-corrected chi connectivity index (χ3v) is 2.79. The van der Waals surface area contributed by atoms with Crippen LogP contribution in [0.3, 0.4) is 0 Å². The Morgan fingerprint density at radius 2 is 1.92 bits per heavy atom. The van der Waals surface area contributed by atoms with Crippen LogP contribution in [0.15, 0.2) is 12.1 Å². The average molecular weight is 198 g/mol. The second-order valence-corrected chi connectivity index (χ2v) is 3.88. The Bertz CT molecular complexity index is 307. The van der Waals surface area contributed by atoms with Gasteiger partial charge in [0.05, 0.1) is 0 Å². The predicted octanol–water partition coefficient (Wildman–Crippen LogP) is 3.37. The van der Waals surface area contributed by atoms with Crippen molar-refractivity contribution in [3.63, 3.8) is 0 Å². The van der Waals surface area contributed by atoms with E-state index in [-0.39, 0.29) is 6.04 Å². The van der Waals surface area contributed by atoms with Gasteiger partial charge in [-0.25, -0.2) is 0 Å². The van der Waals surface area contributed by atoms with Crippen LogP contribution in [0.4, 0.5) is 0 Å². The molecule has 0 saturated heterocycles. The van der Waals surface area contributed by atoms with E-state index in [2.05, 4.69) is 19.9 Å². The van der Waals surface area contributed by atoms with Crippen molar-refractivity contribution in [1.29, 1.82) is 0 Å². The Kier molecular flexibility index (Phi) is 3.34. The number of nitrogens with two attached hydrogens (primary N) is 1. The first-order valence-corrected chi connectivity index (χ1v) is 4.96. The van der Waals surface area contributed by atoms with Gasteiger partial charge in [-0.05, 0) is 43.0 Å². The van der Waals surface area contributed by atoms with Gasteiger partial charge >= 0.3 is 0 Å². The van der Waals surface area contributed by atoms with Crippen molar-refractivity contribution in [2.45, 2.75) is 33.2 Å². The molecule has 0 heterocycles. The molecule has 0 aromatic heterocycles. The quantitative estimate of drug-likeness (QED) is 0.773. The smallest absolute Gasteiger partial charge is 0.0438 e. The summed E-state index contributed by atoms with van der Waals surface area (Å²) in [6.07, 6.45) is 0.960. The van der Waals surface area contributed by atoms with E-state index in [0.29, 0.717) is 0 Å². The third-order valence-electron chi connectivity index (χ3n) is 2.39. The van der Waals surface area contributed by atoms with Gasteiger partial charge in [0.1, 0.15) is 0 Å². The van der Waals surface area contributed by atoms with Crippen molar-refractivity contribution in [2.75, 3.05) is 0 Å². The van der Waals surface area contributed by atoms with Crippen molar-refractivity contribution in [2.24, 2.45) is 5.73 Å². The highest BCUT2D eigenvalue weighted by Gasteiger charge is 2.08. The molecule has 2 N–H and O–H groups in total. The molecule has 0 fully saturated rings. The molecule has 0 amide bonds. The topological polar surface area (TPSA) is 26.0 Å². The molecule has 1 nitrogen and oxygen atoms in total. The summed E-state index contributed by atoms with van der Waals surface area (Å²) in [6, 6.07) is 4.21. The lowest BCUT2D eigenvalue weighted by atomic mass is 9.98. The minimum atomic E-state index is 0.135. The van der Waals surface area contributed by atoms with Crippen LogP contribution in [0.2, 0.25) is 5.02 Å². The molecule has 0 radical (unpaired) electrons. The van der Waals surface area contributed by atoms with Crippen LogP contribution in [-0.2, 0) is 0 Å². The maximum Gasteiger partial charge on any atom is 0.0438 e. The Morgan fingerprint density at radius 1 is 1.31 bits per heavy atom. The van der Waals surface area contributed by atoms with Crippen LogP contribution in [0.25, 0.3) is 0 Å². The standard InChI is InChI=1S/C11H16ClN/c1-4-11(13)9-5-8(3)10(12)6-7(9)2/h5-6,11H,4,13H2,1-3H3/t11-/m1/s1. The normalized spacial score (nSPS) is 13.0. The Balaban J connectivity index is 3.15. The van der Waals surface area contributed by atoms with Crippen molar-refractivity contribution < 1.29 is 0 Å². The van der Waals surface area contributed by atoms with Gasteiger partial charge in [0.2, 0.25) is 0 Å². The van der Waals surface area contributed by atoms with Crippen LogP contribution in [0, 0.1) is 13.8 Å². The summed E-state index contributed by atoms with van der Waals surface area (Å²) in [7, 11) is 0. The molecule has 0 bridgehead atoms. The molecule has 13 heavy (non-hydrogen) atoms. The van der Waals surface area contributed by atoms with Gasteiger partial charge in [-0.1, -0.05) is 24.6 Å². The molecule has 0 spiro atoms. The van der Waals surface area contributed by atoms with Crippen molar-refractivity contribution >= 4 is 11.6 Å². The van der Waals surface area contributed by atoms with Gasteiger partial charge < -0.3 is 5.73 Å². The highest BCUT2D eigenvalue weighted by molar-refractivity contribution is 6.31. The Hall–Kier alpha value is -0.530. The summed E-state index contributed by atoms with van der Waals surface area (Å²) < 4.78 is 0. The minimum absolute atomic E-state index is 0.135. The largest absolute Gasteiger partial charge is 0.324 e. The first-order valence-electron chi connectivity index (χ1n) is 4.58. The lowest BCUT2D eigenvalue weighted by Crippen LogP contribution is -2.10. The molecule has 1 aromatic rings. The van der Waals surface area contributed by atoms with E-state index >= 15 is 0 Å². The molecule has 0 aliphatic rings. The number of halogens is 1.